The van der Waals surface area contributed by atoms with E-state index in [9.17, 15) is 19.7 Å². The second-order valence-electron chi connectivity index (χ2n) is 6.01. The molecule has 0 saturated carbocycles. The van der Waals surface area contributed by atoms with Crippen LogP contribution >= 0.6 is 15.9 Å². The molecular weight excluding hydrogens is 404 g/mol. The summed E-state index contributed by atoms with van der Waals surface area (Å²) in [5, 5.41) is 10.7. The molecule has 1 amide bonds. The van der Waals surface area contributed by atoms with E-state index in [2.05, 4.69) is 15.9 Å². The monoisotopic (exact) mass is 418 g/mol. The molecule has 0 aliphatic carbocycles. The SMILES string of the molecule is Cc1cc(Br)ccc1N1CC(C(=O)Oc2ccc([N+](=O)[O-])cc2)CC1=O. The Balaban J connectivity index is 1.69. The van der Waals surface area contributed by atoms with Crippen LogP contribution in [0.4, 0.5) is 11.4 Å². The summed E-state index contributed by atoms with van der Waals surface area (Å²) in [6.07, 6.45) is 0.0708. The molecule has 0 aromatic heterocycles. The van der Waals surface area contributed by atoms with Crippen molar-refractivity contribution in [2.75, 3.05) is 11.4 Å². The van der Waals surface area contributed by atoms with E-state index in [1.54, 1.807) is 4.90 Å². The predicted octanol–water partition coefficient (Wildman–Crippen LogP) is 3.62. The number of hydrogen-bond donors (Lipinski definition) is 0. The number of nitro benzene ring substituents is 1. The molecule has 2 aromatic carbocycles. The Hall–Kier alpha value is -2.74. The van der Waals surface area contributed by atoms with E-state index in [1.807, 2.05) is 25.1 Å². The lowest BCUT2D eigenvalue weighted by molar-refractivity contribution is -0.384. The summed E-state index contributed by atoms with van der Waals surface area (Å²) < 4.78 is 6.18. The van der Waals surface area contributed by atoms with Gasteiger partial charge in [-0.25, -0.2) is 0 Å². The lowest BCUT2D eigenvalue weighted by Gasteiger charge is -2.19. The first-order valence-corrected chi connectivity index (χ1v) is 8.67. The highest BCUT2D eigenvalue weighted by molar-refractivity contribution is 9.10. The van der Waals surface area contributed by atoms with E-state index in [0.717, 1.165) is 15.7 Å². The molecule has 26 heavy (non-hydrogen) atoms. The average molecular weight is 419 g/mol. The van der Waals surface area contributed by atoms with E-state index in [4.69, 9.17) is 4.74 Å². The smallest absolute Gasteiger partial charge is 0.316 e. The van der Waals surface area contributed by atoms with Crippen molar-refractivity contribution in [1.82, 2.24) is 0 Å². The molecule has 134 valence electrons. The summed E-state index contributed by atoms with van der Waals surface area (Å²) in [6, 6.07) is 10.8. The number of ether oxygens (including phenoxy) is 1. The summed E-state index contributed by atoms with van der Waals surface area (Å²) in [5.41, 5.74) is 1.61. The Morgan fingerprint density at radius 2 is 1.96 bits per heavy atom. The van der Waals surface area contributed by atoms with Gasteiger partial charge in [-0.3, -0.25) is 19.7 Å². The standard InChI is InChI=1S/C18H15BrN2O5/c1-11-8-13(19)2-7-16(11)20-10-12(9-17(20)22)18(23)26-15-5-3-14(4-6-15)21(24)25/h2-8,12H,9-10H2,1H3. The van der Waals surface area contributed by atoms with Gasteiger partial charge in [-0.05, 0) is 42.8 Å². The molecular formula is C18H15BrN2O5. The minimum Gasteiger partial charge on any atom is -0.426 e. The number of carbonyl (C=O) groups excluding carboxylic acids is 2. The van der Waals surface area contributed by atoms with Crippen molar-refractivity contribution in [1.29, 1.82) is 0 Å². The van der Waals surface area contributed by atoms with Crippen LogP contribution in [0.1, 0.15) is 12.0 Å². The fourth-order valence-electron chi connectivity index (χ4n) is 2.86. The van der Waals surface area contributed by atoms with Gasteiger partial charge in [0.15, 0.2) is 0 Å². The first kappa shape index (κ1) is 18.1. The number of hydrogen-bond acceptors (Lipinski definition) is 5. The van der Waals surface area contributed by atoms with Gasteiger partial charge in [0, 0.05) is 35.3 Å². The van der Waals surface area contributed by atoms with Crippen LogP contribution in [-0.2, 0) is 9.59 Å². The number of nitro groups is 1. The molecule has 0 radical (unpaired) electrons. The normalized spacial score (nSPS) is 16.6. The molecule has 7 nitrogen and oxygen atoms in total. The Labute approximate surface area is 157 Å². The number of benzene rings is 2. The second kappa shape index (κ2) is 7.25. The topological polar surface area (TPSA) is 89.8 Å². The highest BCUT2D eigenvalue weighted by Crippen LogP contribution is 2.30. The number of anilines is 1. The Bertz CT molecular complexity index is 882. The van der Waals surface area contributed by atoms with E-state index >= 15 is 0 Å². The van der Waals surface area contributed by atoms with Crippen molar-refractivity contribution in [3.05, 3.63) is 62.6 Å². The molecule has 1 atom stereocenters. The largest absolute Gasteiger partial charge is 0.426 e. The van der Waals surface area contributed by atoms with E-state index in [1.165, 1.54) is 24.3 Å². The van der Waals surface area contributed by atoms with Crippen LogP contribution in [0.2, 0.25) is 0 Å². The summed E-state index contributed by atoms with van der Waals surface area (Å²) in [6.45, 7) is 2.14. The van der Waals surface area contributed by atoms with Gasteiger partial charge in [-0.2, -0.15) is 0 Å². The van der Waals surface area contributed by atoms with Crippen LogP contribution in [0.25, 0.3) is 0 Å². The van der Waals surface area contributed by atoms with Crippen LogP contribution in [0.3, 0.4) is 0 Å². The van der Waals surface area contributed by atoms with Crippen molar-refractivity contribution in [2.24, 2.45) is 5.92 Å². The minimum absolute atomic E-state index is 0.0708. The number of aryl methyl sites for hydroxylation is 1. The van der Waals surface area contributed by atoms with Crippen molar-refractivity contribution < 1.29 is 19.2 Å². The van der Waals surface area contributed by atoms with Crippen molar-refractivity contribution in [2.45, 2.75) is 13.3 Å². The summed E-state index contributed by atoms with van der Waals surface area (Å²) >= 11 is 3.39. The maximum Gasteiger partial charge on any atom is 0.316 e. The van der Waals surface area contributed by atoms with Crippen molar-refractivity contribution in [3.63, 3.8) is 0 Å². The van der Waals surface area contributed by atoms with E-state index in [0.29, 0.717) is 0 Å². The molecule has 1 heterocycles. The second-order valence-corrected chi connectivity index (χ2v) is 6.92. The molecule has 1 aliphatic heterocycles. The van der Waals surface area contributed by atoms with Crippen LogP contribution in [-0.4, -0.2) is 23.3 Å². The number of esters is 1. The molecule has 0 spiro atoms. The quantitative estimate of drug-likeness (QED) is 0.327. The van der Waals surface area contributed by atoms with E-state index < -0.39 is 16.8 Å². The number of halogens is 1. The molecule has 3 rings (SSSR count). The Morgan fingerprint density at radius 1 is 1.27 bits per heavy atom. The highest BCUT2D eigenvalue weighted by atomic mass is 79.9. The van der Waals surface area contributed by atoms with Crippen LogP contribution in [0.15, 0.2) is 46.9 Å². The van der Waals surface area contributed by atoms with Crippen LogP contribution in [0, 0.1) is 23.0 Å². The number of carbonyl (C=O) groups is 2. The fourth-order valence-corrected chi connectivity index (χ4v) is 3.33. The summed E-state index contributed by atoms with van der Waals surface area (Å²) in [4.78, 5) is 36.4. The molecule has 8 heteroatoms. The zero-order valence-corrected chi connectivity index (χ0v) is 15.4. The number of nitrogens with zero attached hydrogens (tertiary/aromatic N) is 2. The zero-order chi connectivity index (χ0) is 18.8. The van der Waals surface area contributed by atoms with Gasteiger partial charge in [0.2, 0.25) is 5.91 Å². The lowest BCUT2D eigenvalue weighted by atomic mass is 10.1. The van der Waals surface area contributed by atoms with Gasteiger partial charge < -0.3 is 9.64 Å². The third kappa shape index (κ3) is 3.75. The molecule has 1 unspecified atom stereocenters. The predicted molar refractivity (Wildman–Crippen MR) is 98.1 cm³/mol. The summed E-state index contributed by atoms with van der Waals surface area (Å²) in [5.74, 6) is -1.03. The minimum atomic E-state index is -0.583. The van der Waals surface area contributed by atoms with Crippen LogP contribution in [0.5, 0.6) is 5.75 Å². The highest BCUT2D eigenvalue weighted by Gasteiger charge is 2.37. The maximum atomic E-state index is 12.4. The maximum absolute atomic E-state index is 12.4. The molecule has 2 aromatic rings. The summed E-state index contributed by atoms with van der Waals surface area (Å²) in [7, 11) is 0. The molecule has 1 saturated heterocycles. The molecule has 1 fully saturated rings. The number of rotatable bonds is 4. The first-order valence-electron chi connectivity index (χ1n) is 7.88. The number of amides is 1. The third-order valence-electron chi connectivity index (χ3n) is 4.17. The lowest BCUT2D eigenvalue weighted by Crippen LogP contribution is -2.27. The molecule has 0 bridgehead atoms. The van der Waals surface area contributed by atoms with Crippen molar-refractivity contribution in [3.8, 4) is 5.75 Å². The van der Waals surface area contributed by atoms with Gasteiger partial charge in [0.05, 0.1) is 10.8 Å². The van der Waals surface area contributed by atoms with Crippen LogP contribution < -0.4 is 9.64 Å². The fraction of sp³-hybridized carbons (Fsp3) is 0.222. The van der Waals surface area contributed by atoms with Crippen molar-refractivity contribution >= 4 is 39.2 Å². The number of non-ortho nitro benzene ring substituents is 1. The average Bonchev–Trinajstić information content (AvgIpc) is 2.97. The van der Waals surface area contributed by atoms with Gasteiger partial charge in [-0.15, -0.1) is 0 Å². The first-order chi connectivity index (χ1) is 12.3. The third-order valence-corrected chi connectivity index (χ3v) is 4.67. The molecule has 1 aliphatic rings. The Morgan fingerprint density at radius 3 is 2.58 bits per heavy atom. The zero-order valence-electron chi connectivity index (χ0n) is 13.8. The van der Waals surface area contributed by atoms with Gasteiger partial charge in [0.1, 0.15) is 5.75 Å². The molecule has 0 N–H and O–H groups in total. The van der Waals surface area contributed by atoms with E-state index in [-0.39, 0.29) is 30.3 Å². The van der Waals surface area contributed by atoms with Gasteiger partial charge >= 0.3 is 5.97 Å². The van der Waals surface area contributed by atoms with Gasteiger partial charge in [-0.1, -0.05) is 15.9 Å². The Kier molecular flexibility index (Phi) is 5.03. The van der Waals surface area contributed by atoms with Gasteiger partial charge in [0.25, 0.3) is 5.69 Å².